The minimum Gasteiger partial charge on any atom is -0.350 e. The number of nitrogens with zero attached hydrogens (tertiary/aromatic N) is 2. The van der Waals surface area contributed by atoms with Crippen molar-refractivity contribution < 1.29 is 13.2 Å². The maximum Gasteiger partial charge on any atom is 0.243 e. The molecule has 0 unspecified atom stereocenters. The van der Waals surface area contributed by atoms with E-state index in [1.807, 2.05) is 0 Å². The Balaban J connectivity index is 2.14. The fraction of sp³-hybridized carbons (Fsp3) is 0.250. The normalized spacial score (nSPS) is 12.4. The van der Waals surface area contributed by atoms with E-state index in [-0.39, 0.29) is 5.91 Å². The van der Waals surface area contributed by atoms with Crippen LogP contribution in [-0.2, 0) is 21.4 Å². The Morgan fingerprint density at radius 2 is 1.78 bits per heavy atom. The second-order valence-corrected chi connectivity index (χ2v) is 7.00. The number of sulfonamides is 1. The lowest BCUT2D eigenvalue weighted by Crippen LogP contribution is -2.47. The summed E-state index contributed by atoms with van der Waals surface area (Å²) >= 11 is 0. The lowest BCUT2D eigenvalue weighted by molar-refractivity contribution is -0.122. The molecule has 0 saturated heterocycles. The molecule has 122 valence electrons. The zero-order chi connectivity index (χ0) is 16.9. The third-order valence-corrected chi connectivity index (χ3v) is 4.56. The van der Waals surface area contributed by atoms with Crippen LogP contribution in [0.25, 0.3) is 0 Å². The van der Waals surface area contributed by atoms with Gasteiger partial charge in [0.15, 0.2) is 0 Å². The molecule has 1 heterocycles. The van der Waals surface area contributed by atoms with Crippen LogP contribution in [0, 0.1) is 0 Å². The molecule has 6 nitrogen and oxygen atoms in total. The van der Waals surface area contributed by atoms with E-state index < -0.39 is 16.1 Å². The van der Waals surface area contributed by atoms with Crippen molar-refractivity contribution in [3.05, 3.63) is 60.4 Å². The Morgan fingerprint density at radius 1 is 1.17 bits per heavy atom. The lowest BCUT2D eigenvalue weighted by atomic mass is 10.2. The summed E-state index contributed by atoms with van der Waals surface area (Å²) in [5.41, 5.74) is 1.35. The van der Waals surface area contributed by atoms with Crippen molar-refractivity contribution in [1.82, 2.24) is 10.3 Å². The van der Waals surface area contributed by atoms with Crippen molar-refractivity contribution in [3.8, 4) is 0 Å². The van der Waals surface area contributed by atoms with Gasteiger partial charge in [-0.15, -0.1) is 0 Å². The van der Waals surface area contributed by atoms with Gasteiger partial charge < -0.3 is 5.32 Å². The third kappa shape index (κ3) is 4.53. The molecule has 2 rings (SSSR count). The fourth-order valence-electron chi connectivity index (χ4n) is 2.22. The van der Waals surface area contributed by atoms with E-state index >= 15 is 0 Å². The van der Waals surface area contributed by atoms with E-state index in [0.29, 0.717) is 12.2 Å². The number of hydrogen-bond donors (Lipinski definition) is 1. The number of anilines is 1. The van der Waals surface area contributed by atoms with Crippen LogP contribution in [-0.4, -0.2) is 31.6 Å². The predicted molar refractivity (Wildman–Crippen MR) is 89.3 cm³/mol. The number of para-hydroxylation sites is 1. The molecule has 23 heavy (non-hydrogen) atoms. The summed E-state index contributed by atoms with van der Waals surface area (Å²) in [6.45, 7) is 1.88. The van der Waals surface area contributed by atoms with E-state index in [4.69, 9.17) is 0 Å². The number of carbonyl (C=O) groups excluding carboxylic acids is 1. The summed E-state index contributed by atoms with van der Waals surface area (Å²) in [7, 11) is -3.58. The Labute approximate surface area is 136 Å². The largest absolute Gasteiger partial charge is 0.350 e. The molecule has 0 spiro atoms. The highest BCUT2D eigenvalue weighted by Gasteiger charge is 2.28. The quantitative estimate of drug-likeness (QED) is 0.870. The van der Waals surface area contributed by atoms with Crippen LogP contribution < -0.4 is 9.62 Å². The lowest BCUT2D eigenvalue weighted by Gasteiger charge is -2.28. The molecular weight excluding hydrogens is 314 g/mol. The van der Waals surface area contributed by atoms with E-state index in [9.17, 15) is 13.2 Å². The van der Waals surface area contributed by atoms with Gasteiger partial charge in [0, 0.05) is 18.9 Å². The van der Waals surface area contributed by atoms with Crippen molar-refractivity contribution >= 4 is 21.6 Å². The van der Waals surface area contributed by atoms with Gasteiger partial charge in [-0.2, -0.15) is 0 Å². The molecule has 0 radical (unpaired) electrons. The molecular formula is C16H19N3O3S. The highest BCUT2D eigenvalue weighted by Crippen LogP contribution is 2.20. The molecule has 0 aliphatic carbocycles. The van der Waals surface area contributed by atoms with Gasteiger partial charge in [0.1, 0.15) is 6.04 Å². The van der Waals surface area contributed by atoms with Crippen LogP contribution in [0.5, 0.6) is 0 Å². The number of aromatic nitrogens is 1. The Morgan fingerprint density at radius 3 is 2.35 bits per heavy atom. The summed E-state index contributed by atoms with van der Waals surface area (Å²) in [6.07, 6.45) is 4.36. The minimum absolute atomic E-state index is 0.318. The van der Waals surface area contributed by atoms with Crippen molar-refractivity contribution in [2.24, 2.45) is 0 Å². The van der Waals surface area contributed by atoms with Crippen LogP contribution in [0.4, 0.5) is 5.69 Å². The summed E-state index contributed by atoms with van der Waals surface area (Å²) < 4.78 is 25.3. The van der Waals surface area contributed by atoms with Gasteiger partial charge in [0.05, 0.1) is 11.9 Å². The number of hydrogen-bond acceptors (Lipinski definition) is 4. The minimum atomic E-state index is -3.58. The van der Waals surface area contributed by atoms with Gasteiger partial charge in [-0.3, -0.25) is 14.1 Å². The van der Waals surface area contributed by atoms with Crippen LogP contribution >= 0.6 is 0 Å². The van der Waals surface area contributed by atoms with Crippen LogP contribution in [0.15, 0.2) is 54.9 Å². The van der Waals surface area contributed by atoms with Gasteiger partial charge in [-0.05, 0) is 36.8 Å². The molecule has 0 saturated carbocycles. The fourth-order valence-corrected chi connectivity index (χ4v) is 3.40. The molecule has 0 aliphatic heterocycles. The topological polar surface area (TPSA) is 79.4 Å². The van der Waals surface area contributed by atoms with E-state index in [2.05, 4.69) is 10.3 Å². The molecule has 1 atom stereocenters. The third-order valence-electron chi connectivity index (χ3n) is 3.32. The molecule has 1 aromatic heterocycles. The maximum absolute atomic E-state index is 12.3. The number of pyridine rings is 1. The van der Waals surface area contributed by atoms with E-state index in [1.54, 1.807) is 61.8 Å². The summed E-state index contributed by atoms with van der Waals surface area (Å²) in [6, 6.07) is 11.3. The van der Waals surface area contributed by atoms with Gasteiger partial charge in [-0.1, -0.05) is 18.2 Å². The predicted octanol–water partition coefficient (Wildman–Crippen LogP) is 1.55. The van der Waals surface area contributed by atoms with Crippen molar-refractivity contribution in [2.75, 3.05) is 10.6 Å². The molecule has 1 aromatic carbocycles. The highest BCUT2D eigenvalue weighted by atomic mass is 32.2. The second-order valence-electron chi connectivity index (χ2n) is 5.14. The monoisotopic (exact) mass is 333 g/mol. The molecule has 0 bridgehead atoms. The Hall–Kier alpha value is -2.41. The zero-order valence-electron chi connectivity index (χ0n) is 13.0. The van der Waals surface area contributed by atoms with Gasteiger partial charge in [0.25, 0.3) is 0 Å². The van der Waals surface area contributed by atoms with Crippen molar-refractivity contribution in [1.29, 1.82) is 0 Å². The molecule has 7 heteroatoms. The summed E-state index contributed by atoms with van der Waals surface area (Å²) in [5, 5.41) is 2.75. The van der Waals surface area contributed by atoms with E-state index in [0.717, 1.165) is 16.1 Å². The SMILES string of the molecule is C[C@H](C(=O)NCc1ccncc1)N(c1ccccc1)S(C)(=O)=O. The van der Waals surface area contributed by atoms with Crippen LogP contribution in [0.2, 0.25) is 0 Å². The number of carbonyl (C=O) groups is 1. The molecule has 0 aliphatic rings. The molecule has 2 aromatic rings. The van der Waals surface area contributed by atoms with E-state index in [1.165, 1.54) is 0 Å². The second kappa shape index (κ2) is 7.23. The maximum atomic E-state index is 12.3. The first kappa shape index (κ1) is 17.0. The Kier molecular flexibility index (Phi) is 5.33. The number of benzene rings is 1. The van der Waals surface area contributed by atoms with Crippen LogP contribution in [0.3, 0.4) is 0 Å². The van der Waals surface area contributed by atoms with Gasteiger partial charge in [0.2, 0.25) is 15.9 Å². The zero-order valence-corrected chi connectivity index (χ0v) is 13.8. The number of rotatable bonds is 6. The molecule has 1 N–H and O–H groups in total. The number of amides is 1. The number of nitrogens with one attached hydrogen (secondary N) is 1. The molecule has 0 fully saturated rings. The Bertz CT molecular complexity index is 749. The van der Waals surface area contributed by atoms with Crippen LogP contribution in [0.1, 0.15) is 12.5 Å². The van der Waals surface area contributed by atoms with Gasteiger partial charge >= 0.3 is 0 Å². The van der Waals surface area contributed by atoms with Crippen molar-refractivity contribution in [2.45, 2.75) is 19.5 Å². The smallest absolute Gasteiger partial charge is 0.243 e. The van der Waals surface area contributed by atoms with Gasteiger partial charge in [-0.25, -0.2) is 8.42 Å². The highest BCUT2D eigenvalue weighted by molar-refractivity contribution is 7.92. The first-order chi connectivity index (χ1) is 10.9. The average Bonchev–Trinajstić information content (AvgIpc) is 2.53. The van der Waals surface area contributed by atoms with Crippen molar-refractivity contribution in [3.63, 3.8) is 0 Å². The standard InChI is InChI=1S/C16H19N3O3S/c1-13(16(20)18-12-14-8-10-17-11-9-14)19(23(2,21)22)15-6-4-3-5-7-15/h3-11,13H,12H2,1-2H3,(H,18,20)/t13-/m1/s1. The summed E-state index contributed by atoms with van der Waals surface area (Å²) in [5.74, 6) is -0.365. The summed E-state index contributed by atoms with van der Waals surface area (Å²) in [4.78, 5) is 16.3. The average molecular weight is 333 g/mol. The first-order valence-corrected chi connectivity index (χ1v) is 8.95. The molecule has 1 amide bonds. The first-order valence-electron chi connectivity index (χ1n) is 7.10.